The Labute approximate surface area is 129 Å². The van der Waals surface area contributed by atoms with Crippen LogP contribution in [0.1, 0.15) is 30.6 Å². The van der Waals surface area contributed by atoms with Crippen molar-refractivity contribution in [1.82, 2.24) is 20.2 Å². The van der Waals surface area contributed by atoms with Crippen LogP contribution >= 0.6 is 0 Å². The van der Waals surface area contributed by atoms with Crippen molar-refractivity contribution < 1.29 is 9.53 Å². The largest absolute Gasteiger partial charge is 0.491 e. The molecule has 0 aliphatic carbocycles. The molecule has 1 heterocycles. The van der Waals surface area contributed by atoms with Crippen molar-refractivity contribution in [2.45, 2.75) is 32.9 Å². The number of carbonyl (C=O) groups is 1. The van der Waals surface area contributed by atoms with Crippen LogP contribution in [-0.4, -0.2) is 32.2 Å². The molecule has 1 aromatic carbocycles. The van der Waals surface area contributed by atoms with E-state index in [2.05, 4.69) is 34.2 Å². The zero-order valence-electron chi connectivity index (χ0n) is 12.7. The van der Waals surface area contributed by atoms with Gasteiger partial charge in [0.15, 0.2) is 0 Å². The molecule has 2 aromatic rings. The number of anilines is 1. The summed E-state index contributed by atoms with van der Waals surface area (Å²) in [5.41, 5.74) is 0.497. The van der Waals surface area contributed by atoms with Crippen molar-refractivity contribution in [2.75, 3.05) is 5.32 Å². The van der Waals surface area contributed by atoms with E-state index >= 15 is 0 Å². The average molecular weight is 301 g/mol. The number of benzene rings is 1. The summed E-state index contributed by atoms with van der Waals surface area (Å²) >= 11 is 0. The van der Waals surface area contributed by atoms with Gasteiger partial charge in [-0.05, 0) is 42.8 Å². The molecule has 0 fully saturated rings. The summed E-state index contributed by atoms with van der Waals surface area (Å²) in [5.74, 6) is 0.598. The van der Waals surface area contributed by atoms with E-state index < -0.39 is 0 Å². The summed E-state index contributed by atoms with van der Waals surface area (Å²) in [6.07, 6.45) is 2.71. The summed E-state index contributed by atoms with van der Waals surface area (Å²) < 4.78 is 5.67. The summed E-state index contributed by atoms with van der Waals surface area (Å²) in [7, 11) is 0. The molecule has 0 saturated carbocycles. The molecular weight excluding hydrogens is 282 g/mol. The molecule has 2 rings (SSSR count). The molecule has 0 aliphatic rings. The summed E-state index contributed by atoms with van der Waals surface area (Å²) in [4.78, 5) is 13.4. The van der Waals surface area contributed by atoms with Gasteiger partial charge in [-0.1, -0.05) is 18.1 Å². The third-order valence-electron chi connectivity index (χ3n) is 3.00. The van der Waals surface area contributed by atoms with Gasteiger partial charge in [-0.25, -0.2) is 0 Å². The molecule has 0 radical (unpaired) electrons. The minimum Gasteiger partial charge on any atom is -0.491 e. The van der Waals surface area contributed by atoms with Crippen molar-refractivity contribution in [3.63, 3.8) is 0 Å². The van der Waals surface area contributed by atoms with Gasteiger partial charge in [-0.15, -0.1) is 11.7 Å². The van der Waals surface area contributed by atoms with Gasteiger partial charge in [-0.2, -0.15) is 4.80 Å². The first-order valence-electron chi connectivity index (χ1n) is 7.09. The first kappa shape index (κ1) is 15.7. The number of nitrogens with one attached hydrogen (secondary N) is 1. The van der Waals surface area contributed by atoms with Crippen molar-refractivity contribution in [2.24, 2.45) is 0 Å². The second kappa shape index (κ2) is 7.35. The van der Waals surface area contributed by atoms with Gasteiger partial charge in [0, 0.05) is 5.56 Å². The van der Waals surface area contributed by atoms with Gasteiger partial charge in [0.05, 0.1) is 12.6 Å². The van der Waals surface area contributed by atoms with Crippen LogP contribution in [0.25, 0.3) is 0 Å². The number of hydrogen-bond donors (Lipinski definition) is 1. The number of amides is 1. The SMILES string of the molecule is C=CCn1nnc(NC(=O)c2ccc(OC(C)CC)cc2)n1. The monoisotopic (exact) mass is 301 g/mol. The first-order valence-corrected chi connectivity index (χ1v) is 7.09. The van der Waals surface area contributed by atoms with E-state index in [1.54, 1.807) is 30.3 Å². The highest BCUT2D eigenvalue weighted by Gasteiger charge is 2.10. The van der Waals surface area contributed by atoms with Crippen LogP contribution < -0.4 is 10.1 Å². The molecule has 0 bridgehead atoms. The van der Waals surface area contributed by atoms with Gasteiger partial charge < -0.3 is 4.74 Å². The van der Waals surface area contributed by atoms with Crippen LogP contribution in [0.4, 0.5) is 5.95 Å². The summed E-state index contributed by atoms with van der Waals surface area (Å²) in [6, 6.07) is 6.93. The molecule has 0 spiro atoms. The third-order valence-corrected chi connectivity index (χ3v) is 3.00. The van der Waals surface area contributed by atoms with E-state index in [0.717, 1.165) is 12.2 Å². The highest BCUT2D eigenvalue weighted by Crippen LogP contribution is 2.15. The van der Waals surface area contributed by atoms with Gasteiger partial charge in [0.25, 0.3) is 11.9 Å². The van der Waals surface area contributed by atoms with Crippen molar-refractivity contribution in [3.05, 3.63) is 42.5 Å². The minimum absolute atomic E-state index is 0.142. The van der Waals surface area contributed by atoms with Crippen LogP contribution in [-0.2, 0) is 6.54 Å². The van der Waals surface area contributed by atoms with Crippen molar-refractivity contribution in [1.29, 1.82) is 0 Å². The second-order valence-electron chi connectivity index (χ2n) is 4.77. The lowest BCUT2D eigenvalue weighted by atomic mass is 10.2. The highest BCUT2D eigenvalue weighted by atomic mass is 16.5. The second-order valence-corrected chi connectivity index (χ2v) is 4.77. The number of aromatic nitrogens is 4. The van der Waals surface area contributed by atoms with Crippen LogP contribution in [0.2, 0.25) is 0 Å². The van der Waals surface area contributed by atoms with Gasteiger partial charge in [0.2, 0.25) is 0 Å². The lowest BCUT2D eigenvalue weighted by Crippen LogP contribution is -2.14. The average Bonchev–Trinajstić information content (AvgIpc) is 2.95. The molecule has 0 aliphatic heterocycles. The Balaban J connectivity index is 1.98. The number of tetrazole rings is 1. The van der Waals surface area contributed by atoms with E-state index in [-0.39, 0.29) is 18.0 Å². The normalized spacial score (nSPS) is 11.7. The number of ether oxygens (including phenoxy) is 1. The number of nitrogens with zero attached hydrogens (tertiary/aromatic N) is 4. The van der Waals surface area contributed by atoms with Gasteiger partial charge >= 0.3 is 0 Å². The Bertz CT molecular complexity index is 636. The Morgan fingerprint density at radius 1 is 1.45 bits per heavy atom. The fourth-order valence-corrected chi connectivity index (χ4v) is 1.66. The molecule has 1 amide bonds. The standard InChI is InChI=1S/C15H19N5O2/c1-4-10-20-18-15(17-19-20)16-14(21)12-6-8-13(9-7-12)22-11(3)5-2/h4,6-9,11H,1,5,10H2,2-3H3,(H,16,18,21). The number of carbonyl (C=O) groups excluding carboxylic acids is 1. The fraction of sp³-hybridized carbons (Fsp3) is 0.333. The Morgan fingerprint density at radius 2 is 2.18 bits per heavy atom. The van der Waals surface area contributed by atoms with Gasteiger partial charge in [-0.3, -0.25) is 10.1 Å². The summed E-state index contributed by atoms with van der Waals surface area (Å²) in [6.45, 7) is 8.07. The molecule has 0 saturated heterocycles. The van der Waals surface area contributed by atoms with Crippen LogP contribution in [0.3, 0.4) is 0 Å². The molecule has 1 N–H and O–H groups in total. The van der Waals surface area contributed by atoms with E-state index in [4.69, 9.17) is 4.74 Å². The van der Waals surface area contributed by atoms with Crippen molar-refractivity contribution >= 4 is 11.9 Å². The van der Waals surface area contributed by atoms with Gasteiger partial charge in [0.1, 0.15) is 5.75 Å². The zero-order valence-corrected chi connectivity index (χ0v) is 12.7. The Morgan fingerprint density at radius 3 is 2.82 bits per heavy atom. The maximum Gasteiger partial charge on any atom is 0.270 e. The molecule has 1 atom stereocenters. The maximum absolute atomic E-state index is 12.1. The number of hydrogen-bond acceptors (Lipinski definition) is 5. The van der Waals surface area contributed by atoms with E-state index in [1.165, 1.54) is 4.80 Å². The summed E-state index contributed by atoms with van der Waals surface area (Å²) in [5, 5.41) is 14.1. The van der Waals surface area contributed by atoms with Crippen LogP contribution in [0.5, 0.6) is 5.75 Å². The topological polar surface area (TPSA) is 81.9 Å². The van der Waals surface area contributed by atoms with Crippen LogP contribution in [0, 0.1) is 0 Å². The minimum atomic E-state index is -0.298. The molecule has 116 valence electrons. The van der Waals surface area contributed by atoms with E-state index in [1.807, 2.05) is 6.92 Å². The highest BCUT2D eigenvalue weighted by molar-refractivity contribution is 6.03. The smallest absolute Gasteiger partial charge is 0.270 e. The Kier molecular flexibility index (Phi) is 5.24. The first-order chi connectivity index (χ1) is 10.6. The third kappa shape index (κ3) is 4.15. The van der Waals surface area contributed by atoms with Crippen LogP contribution in [0.15, 0.2) is 36.9 Å². The predicted octanol–water partition coefficient (Wildman–Crippen LogP) is 2.29. The van der Waals surface area contributed by atoms with E-state index in [0.29, 0.717) is 12.1 Å². The zero-order chi connectivity index (χ0) is 15.9. The predicted molar refractivity (Wildman–Crippen MR) is 82.8 cm³/mol. The van der Waals surface area contributed by atoms with Crippen molar-refractivity contribution in [3.8, 4) is 5.75 Å². The fourth-order valence-electron chi connectivity index (χ4n) is 1.66. The molecule has 1 aromatic heterocycles. The lowest BCUT2D eigenvalue weighted by Gasteiger charge is -2.12. The molecular formula is C15H19N5O2. The maximum atomic E-state index is 12.1. The Hall–Kier alpha value is -2.70. The quantitative estimate of drug-likeness (QED) is 0.793. The van der Waals surface area contributed by atoms with E-state index in [9.17, 15) is 4.79 Å². The molecule has 7 heteroatoms. The molecule has 22 heavy (non-hydrogen) atoms. The molecule has 1 unspecified atom stereocenters. The molecule has 7 nitrogen and oxygen atoms in total. The number of rotatable bonds is 7. The lowest BCUT2D eigenvalue weighted by molar-refractivity contribution is 0.102. The number of allylic oxidation sites excluding steroid dienone is 1.